The summed E-state index contributed by atoms with van der Waals surface area (Å²) in [6.45, 7) is 1.53. The first-order valence-corrected chi connectivity index (χ1v) is 8.16. The van der Waals surface area contributed by atoms with Crippen LogP contribution in [0.25, 0.3) is 0 Å². The predicted octanol–water partition coefficient (Wildman–Crippen LogP) is 3.55. The largest absolute Gasteiger partial charge is 0.490 e. The summed E-state index contributed by atoms with van der Waals surface area (Å²) in [5.41, 5.74) is 6.54. The number of hydrogen-bond donors (Lipinski definition) is 2. The van der Waals surface area contributed by atoms with Crippen molar-refractivity contribution in [3.8, 4) is 17.2 Å². The summed E-state index contributed by atoms with van der Waals surface area (Å²) in [4.78, 5) is 4.10. The van der Waals surface area contributed by atoms with Gasteiger partial charge in [-0.2, -0.15) is 0 Å². The minimum Gasteiger partial charge on any atom is -0.490 e. The summed E-state index contributed by atoms with van der Waals surface area (Å²) < 4.78 is 42.6. The van der Waals surface area contributed by atoms with Gasteiger partial charge in [0, 0.05) is 24.2 Å². The number of anilines is 1. The number of aliphatic imine (C=N–C) groups is 1. The fourth-order valence-corrected chi connectivity index (χ4v) is 2.34. The molecule has 2 aromatic carbocycles. The number of benzene rings is 2. The molecular formula is C18H20F2IN3O3. The van der Waals surface area contributed by atoms with E-state index >= 15 is 0 Å². The van der Waals surface area contributed by atoms with E-state index in [1.807, 2.05) is 0 Å². The molecule has 0 amide bonds. The van der Waals surface area contributed by atoms with E-state index in [4.69, 9.17) is 19.9 Å². The standard InChI is InChI=1S/C18H19F2N3O3.HI/c19-12-2-4-15(14(20)10-12)26-9-6-22-18(21)23-13-3-5-16-17(11-13)25-8-1-7-24-16;/h2-5,10-11H,1,6-9H2,(H3,21,22,23);1H. The summed E-state index contributed by atoms with van der Waals surface area (Å²) in [5.74, 6) is 0.0797. The van der Waals surface area contributed by atoms with Gasteiger partial charge in [-0.05, 0) is 24.3 Å². The Kier molecular flexibility index (Phi) is 7.89. The summed E-state index contributed by atoms with van der Waals surface area (Å²) in [5, 5.41) is 2.94. The first-order valence-electron chi connectivity index (χ1n) is 8.16. The number of nitrogens with zero attached hydrogens (tertiary/aromatic N) is 1. The SMILES string of the molecule is I.NC(=NCCOc1ccc(F)cc1F)Nc1ccc2c(c1)OCCCO2. The quantitative estimate of drug-likeness (QED) is 0.290. The molecule has 2 aromatic rings. The molecule has 146 valence electrons. The van der Waals surface area contributed by atoms with Crippen molar-refractivity contribution in [2.24, 2.45) is 10.7 Å². The van der Waals surface area contributed by atoms with Crippen LogP contribution in [0.4, 0.5) is 14.5 Å². The molecule has 3 N–H and O–H groups in total. The molecule has 0 fully saturated rings. The molecule has 0 unspecified atom stereocenters. The van der Waals surface area contributed by atoms with Crippen LogP contribution in [0.5, 0.6) is 17.2 Å². The highest BCUT2D eigenvalue weighted by molar-refractivity contribution is 14.0. The van der Waals surface area contributed by atoms with Gasteiger partial charge in [-0.15, -0.1) is 24.0 Å². The van der Waals surface area contributed by atoms with Crippen LogP contribution < -0.4 is 25.3 Å². The van der Waals surface area contributed by atoms with E-state index in [-0.39, 0.29) is 48.8 Å². The van der Waals surface area contributed by atoms with Gasteiger partial charge in [0.2, 0.25) is 0 Å². The first kappa shape index (κ1) is 21.0. The lowest BCUT2D eigenvalue weighted by Gasteiger charge is -2.11. The van der Waals surface area contributed by atoms with Crippen LogP contribution in [0.1, 0.15) is 6.42 Å². The van der Waals surface area contributed by atoms with E-state index in [2.05, 4.69) is 10.3 Å². The van der Waals surface area contributed by atoms with E-state index in [1.165, 1.54) is 6.07 Å². The maximum atomic E-state index is 13.4. The minimum atomic E-state index is -0.757. The van der Waals surface area contributed by atoms with Gasteiger partial charge in [0.05, 0.1) is 19.8 Å². The second-order valence-electron chi connectivity index (χ2n) is 5.53. The van der Waals surface area contributed by atoms with Crippen molar-refractivity contribution >= 4 is 35.6 Å². The Balaban J connectivity index is 0.00000261. The maximum absolute atomic E-state index is 13.4. The van der Waals surface area contributed by atoms with Gasteiger partial charge in [-0.25, -0.2) is 13.8 Å². The Morgan fingerprint density at radius 1 is 1.11 bits per heavy atom. The maximum Gasteiger partial charge on any atom is 0.193 e. The number of rotatable bonds is 5. The highest BCUT2D eigenvalue weighted by Crippen LogP contribution is 2.32. The van der Waals surface area contributed by atoms with Gasteiger partial charge in [-0.3, -0.25) is 0 Å². The van der Waals surface area contributed by atoms with Crippen LogP contribution in [-0.4, -0.2) is 32.3 Å². The van der Waals surface area contributed by atoms with Crippen molar-refractivity contribution in [1.29, 1.82) is 0 Å². The molecule has 0 atom stereocenters. The van der Waals surface area contributed by atoms with E-state index in [0.29, 0.717) is 30.4 Å². The molecule has 1 aliphatic rings. The van der Waals surface area contributed by atoms with Gasteiger partial charge in [0.25, 0.3) is 0 Å². The Morgan fingerprint density at radius 3 is 2.67 bits per heavy atom. The van der Waals surface area contributed by atoms with E-state index < -0.39 is 11.6 Å². The molecule has 6 nitrogen and oxygen atoms in total. The Hall–Kier alpha value is -2.30. The molecular weight excluding hydrogens is 471 g/mol. The third-order valence-corrected chi connectivity index (χ3v) is 3.54. The number of ether oxygens (including phenoxy) is 3. The Morgan fingerprint density at radius 2 is 1.89 bits per heavy atom. The third-order valence-electron chi connectivity index (χ3n) is 3.54. The molecule has 27 heavy (non-hydrogen) atoms. The summed E-state index contributed by atoms with van der Waals surface area (Å²) in [7, 11) is 0. The molecule has 0 radical (unpaired) electrons. The number of fused-ring (bicyclic) bond motifs is 1. The Labute approximate surface area is 172 Å². The van der Waals surface area contributed by atoms with Crippen LogP contribution >= 0.6 is 24.0 Å². The fourth-order valence-electron chi connectivity index (χ4n) is 2.34. The molecule has 3 rings (SSSR count). The number of nitrogens with one attached hydrogen (secondary N) is 1. The topological polar surface area (TPSA) is 78.1 Å². The molecule has 0 aliphatic carbocycles. The van der Waals surface area contributed by atoms with Crippen LogP contribution in [0.2, 0.25) is 0 Å². The fraction of sp³-hybridized carbons (Fsp3) is 0.278. The van der Waals surface area contributed by atoms with Crippen LogP contribution in [0.3, 0.4) is 0 Å². The average molecular weight is 491 g/mol. The zero-order valence-corrected chi connectivity index (χ0v) is 16.7. The molecule has 0 saturated carbocycles. The highest BCUT2D eigenvalue weighted by Gasteiger charge is 2.11. The first-order chi connectivity index (χ1) is 12.6. The number of nitrogens with two attached hydrogens (primary N) is 1. The zero-order valence-electron chi connectivity index (χ0n) is 14.4. The average Bonchev–Trinajstić information content (AvgIpc) is 2.85. The van der Waals surface area contributed by atoms with Crippen LogP contribution in [0.15, 0.2) is 41.4 Å². The molecule has 0 saturated heterocycles. The molecule has 1 heterocycles. The second kappa shape index (κ2) is 10.1. The van der Waals surface area contributed by atoms with Crippen LogP contribution in [0, 0.1) is 11.6 Å². The molecule has 1 aliphatic heterocycles. The zero-order chi connectivity index (χ0) is 18.4. The highest BCUT2D eigenvalue weighted by atomic mass is 127. The third kappa shape index (κ3) is 6.12. The summed E-state index contributed by atoms with van der Waals surface area (Å²) in [6, 6.07) is 8.51. The van der Waals surface area contributed by atoms with Crippen molar-refractivity contribution in [2.45, 2.75) is 6.42 Å². The van der Waals surface area contributed by atoms with E-state index in [0.717, 1.165) is 18.6 Å². The predicted molar refractivity (Wildman–Crippen MR) is 109 cm³/mol. The van der Waals surface area contributed by atoms with E-state index in [1.54, 1.807) is 18.2 Å². The smallest absolute Gasteiger partial charge is 0.193 e. The van der Waals surface area contributed by atoms with Gasteiger partial charge in [-0.1, -0.05) is 0 Å². The molecule has 0 aromatic heterocycles. The van der Waals surface area contributed by atoms with E-state index in [9.17, 15) is 8.78 Å². The summed E-state index contributed by atoms with van der Waals surface area (Å²) >= 11 is 0. The monoisotopic (exact) mass is 491 g/mol. The minimum absolute atomic E-state index is 0. The molecule has 0 bridgehead atoms. The van der Waals surface area contributed by atoms with Crippen molar-refractivity contribution in [3.63, 3.8) is 0 Å². The van der Waals surface area contributed by atoms with Gasteiger partial charge in [0.15, 0.2) is 29.0 Å². The lowest BCUT2D eigenvalue weighted by molar-refractivity contribution is 0.297. The Bertz CT molecular complexity index is 805. The lowest BCUT2D eigenvalue weighted by Crippen LogP contribution is -2.23. The normalized spacial score (nSPS) is 13.3. The number of hydrogen-bond acceptors (Lipinski definition) is 4. The van der Waals surface area contributed by atoms with Gasteiger partial charge in [0.1, 0.15) is 12.4 Å². The lowest BCUT2D eigenvalue weighted by atomic mass is 10.3. The van der Waals surface area contributed by atoms with Crippen LogP contribution in [-0.2, 0) is 0 Å². The second-order valence-corrected chi connectivity index (χ2v) is 5.53. The van der Waals surface area contributed by atoms with Crippen molar-refractivity contribution < 1.29 is 23.0 Å². The molecule has 0 spiro atoms. The number of guanidine groups is 1. The number of halogens is 3. The molecule has 9 heteroatoms. The summed E-state index contributed by atoms with van der Waals surface area (Å²) in [6.07, 6.45) is 0.829. The van der Waals surface area contributed by atoms with Crippen molar-refractivity contribution in [3.05, 3.63) is 48.0 Å². The van der Waals surface area contributed by atoms with Crippen molar-refractivity contribution in [2.75, 3.05) is 31.7 Å². The van der Waals surface area contributed by atoms with Crippen molar-refractivity contribution in [1.82, 2.24) is 0 Å². The van der Waals surface area contributed by atoms with Gasteiger partial charge >= 0.3 is 0 Å². The van der Waals surface area contributed by atoms with Gasteiger partial charge < -0.3 is 25.3 Å².